The number of nitrogens with two attached hydrogens (primary N) is 1. The van der Waals surface area contributed by atoms with Crippen molar-refractivity contribution in [2.75, 3.05) is 0 Å². The Hall–Kier alpha value is -3.66. The molecule has 28 heavy (non-hydrogen) atoms. The Balaban J connectivity index is 2.13. The van der Waals surface area contributed by atoms with E-state index >= 15 is 0 Å². The average molecular weight is 396 g/mol. The molecule has 0 fully saturated rings. The average Bonchev–Trinajstić information content (AvgIpc) is 3.00. The maximum atomic E-state index is 12.7. The number of hydrogen-bond donors (Lipinski definition) is 2. The zero-order valence-electron chi connectivity index (χ0n) is 15.0. The molecule has 9 nitrogen and oxygen atoms in total. The van der Waals surface area contributed by atoms with Crippen molar-refractivity contribution in [2.45, 2.75) is 13.8 Å². The number of nitrogens with zero attached hydrogens (tertiary/aromatic N) is 4. The lowest BCUT2D eigenvalue weighted by Crippen LogP contribution is -2.29. The fourth-order valence-corrected chi connectivity index (χ4v) is 2.70. The number of benzene rings is 2. The van der Waals surface area contributed by atoms with E-state index in [1.807, 2.05) is 26.0 Å². The van der Waals surface area contributed by atoms with E-state index in [4.69, 9.17) is 18.0 Å². The van der Waals surface area contributed by atoms with Crippen molar-refractivity contribution in [1.29, 1.82) is 0 Å². The Kier molecular flexibility index (Phi) is 5.14. The first-order chi connectivity index (χ1) is 13.3. The second kappa shape index (κ2) is 7.53. The maximum absolute atomic E-state index is 12.7. The number of aryl methyl sites for hydroxylation is 1. The molecule has 2 aromatic carbocycles. The highest BCUT2D eigenvalue weighted by Crippen LogP contribution is 2.29. The van der Waals surface area contributed by atoms with Crippen molar-refractivity contribution >= 4 is 34.4 Å². The number of nitrogens with one attached hydrogen (secondary N) is 1. The minimum absolute atomic E-state index is 0.00237. The molecule has 0 saturated heterocycles. The van der Waals surface area contributed by atoms with Gasteiger partial charge in [-0.3, -0.25) is 20.0 Å². The summed E-state index contributed by atoms with van der Waals surface area (Å²) in [7, 11) is 0. The quantitative estimate of drug-likeness (QED) is 0.299. The van der Waals surface area contributed by atoms with Gasteiger partial charge in [-0.25, -0.2) is 0 Å². The standard InChI is InChI=1S/C18H16N6O3S/c1-10-4-3-5-14(11(10)2)20-21-16-15(22-23(17(16)25)18(19)28)12-6-8-13(9-7-12)24(26)27/h3-9,22H,1-2H3,(H2,19,28). The van der Waals surface area contributed by atoms with Crippen LogP contribution in [0.5, 0.6) is 0 Å². The van der Waals surface area contributed by atoms with E-state index < -0.39 is 10.5 Å². The second-order valence-corrected chi connectivity index (χ2v) is 6.46. The number of aromatic nitrogens is 2. The monoisotopic (exact) mass is 396 g/mol. The van der Waals surface area contributed by atoms with Crippen LogP contribution >= 0.6 is 12.2 Å². The molecule has 0 atom stereocenters. The normalized spacial score (nSPS) is 11.1. The molecule has 0 bridgehead atoms. The lowest BCUT2D eigenvalue weighted by molar-refractivity contribution is -0.384. The van der Waals surface area contributed by atoms with Gasteiger partial charge in [0.25, 0.3) is 5.69 Å². The van der Waals surface area contributed by atoms with Crippen molar-refractivity contribution < 1.29 is 4.92 Å². The van der Waals surface area contributed by atoms with Crippen LogP contribution < -0.4 is 11.3 Å². The minimum atomic E-state index is -0.560. The van der Waals surface area contributed by atoms with Crippen LogP contribution in [0.3, 0.4) is 0 Å². The molecule has 3 N–H and O–H groups in total. The number of hydrogen-bond acceptors (Lipinski definition) is 6. The molecule has 0 saturated carbocycles. The summed E-state index contributed by atoms with van der Waals surface area (Å²) < 4.78 is 0.976. The number of non-ortho nitro benzene ring substituents is 1. The number of rotatable bonds is 4. The highest BCUT2D eigenvalue weighted by atomic mass is 32.1. The van der Waals surface area contributed by atoms with Crippen LogP contribution in [0.15, 0.2) is 57.5 Å². The van der Waals surface area contributed by atoms with E-state index in [1.54, 1.807) is 6.07 Å². The molecule has 0 amide bonds. The molecule has 3 rings (SSSR count). The van der Waals surface area contributed by atoms with E-state index in [0.717, 1.165) is 15.8 Å². The highest BCUT2D eigenvalue weighted by Gasteiger charge is 2.18. The molecular formula is C18H16N6O3S. The van der Waals surface area contributed by atoms with Crippen LogP contribution in [-0.4, -0.2) is 19.8 Å². The van der Waals surface area contributed by atoms with Crippen LogP contribution in [0, 0.1) is 24.0 Å². The van der Waals surface area contributed by atoms with Gasteiger partial charge in [0.05, 0.1) is 16.3 Å². The summed E-state index contributed by atoms with van der Waals surface area (Å²) in [6, 6.07) is 11.3. The Morgan fingerprint density at radius 2 is 1.86 bits per heavy atom. The van der Waals surface area contributed by atoms with Gasteiger partial charge in [-0.1, -0.05) is 12.1 Å². The van der Waals surface area contributed by atoms with E-state index in [2.05, 4.69) is 15.3 Å². The molecule has 142 valence electrons. The van der Waals surface area contributed by atoms with Gasteiger partial charge >= 0.3 is 5.56 Å². The lowest BCUT2D eigenvalue weighted by atomic mass is 10.1. The summed E-state index contributed by atoms with van der Waals surface area (Å²) in [5, 5.41) is 21.8. The number of azo groups is 1. The molecule has 0 radical (unpaired) electrons. The second-order valence-electron chi connectivity index (χ2n) is 6.04. The predicted octanol–water partition coefficient (Wildman–Crippen LogP) is 3.88. The Morgan fingerprint density at radius 1 is 1.18 bits per heavy atom. The molecule has 10 heteroatoms. The first-order valence-corrected chi connectivity index (χ1v) is 8.58. The van der Waals surface area contributed by atoms with E-state index in [1.165, 1.54) is 24.3 Å². The van der Waals surface area contributed by atoms with E-state index in [0.29, 0.717) is 16.9 Å². The van der Waals surface area contributed by atoms with Crippen molar-refractivity contribution in [3.05, 3.63) is 74.1 Å². The molecule has 0 aliphatic heterocycles. The van der Waals surface area contributed by atoms with Crippen LogP contribution in [0.4, 0.5) is 17.1 Å². The van der Waals surface area contributed by atoms with Gasteiger partial charge < -0.3 is 5.73 Å². The maximum Gasteiger partial charge on any atom is 0.301 e. The van der Waals surface area contributed by atoms with E-state index in [9.17, 15) is 14.9 Å². The number of H-pyrrole nitrogens is 1. The molecule has 0 spiro atoms. The summed E-state index contributed by atoms with van der Waals surface area (Å²) in [5.41, 5.74) is 8.38. The van der Waals surface area contributed by atoms with Gasteiger partial charge in [-0.2, -0.15) is 9.80 Å². The van der Waals surface area contributed by atoms with Crippen LogP contribution in [0.2, 0.25) is 0 Å². The third-order valence-electron chi connectivity index (χ3n) is 4.29. The van der Waals surface area contributed by atoms with Gasteiger partial charge in [0.15, 0.2) is 10.8 Å². The Morgan fingerprint density at radius 3 is 2.46 bits per heavy atom. The van der Waals surface area contributed by atoms with Crippen molar-refractivity contribution in [2.24, 2.45) is 16.0 Å². The smallest absolute Gasteiger partial charge is 0.301 e. The van der Waals surface area contributed by atoms with Gasteiger partial charge in [-0.05, 0) is 55.4 Å². The molecule has 0 aliphatic rings. The van der Waals surface area contributed by atoms with Gasteiger partial charge in [-0.15, -0.1) is 5.11 Å². The first kappa shape index (κ1) is 19.1. The largest absolute Gasteiger partial charge is 0.374 e. The van der Waals surface area contributed by atoms with Gasteiger partial charge in [0, 0.05) is 17.7 Å². The fourth-order valence-electron chi connectivity index (χ4n) is 2.58. The fraction of sp³-hybridized carbons (Fsp3) is 0.111. The number of nitro benzene ring substituents is 1. The molecular weight excluding hydrogens is 380 g/mol. The van der Waals surface area contributed by atoms with E-state index in [-0.39, 0.29) is 16.5 Å². The third kappa shape index (κ3) is 3.58. The van der Waals surface area contributed by atoms with Crippen LogP contribution in [0.1, 0.15) is 11.1 Å². The number of thiocarbonyl (C=S) groups is 1. The Bertz CT molecular complexity index is 1160. The molecule has 1 heterocycles. The zero-order chi connectivity index (χ0) is 20.4. The van der Waals surface area contributed by atoms with Gasteiger partial charge in [0.1, 0.15) is 0 Å². The van der Waals surface area contributed by atoms with Gasteiger partial charge in [0.2, 0.25) is 0 Å². The van der Waals surface area contributed by atoms with Crippen molar-refractivity contribution in [3.63, 3.8) is 0 Å². The van der Waals surface area contributed by atoms with Crippen molar-refractivity contribution in [3.8, 4) is 11.3 Å². The topological polar surface area (TPSA) is 132 Å². The Labute approximate surface area is 164 Å². The summed E-state index contributed by atoms with van der Waals surface area (Å²) >= 11 is 4.89. The number of nitro groups is 1. The molecule has 1 aromatic heterocycles. The van der Waals surface area contributed by atoms with Crippen LogP contribution in [-0.2, 0) is 0 Å². The molecule has 0 aliphatic carbocycles. The SMILES string of the molecule is Cc1cccc(N=Nc2c(-c3ccc([N+](=O)[O-])cc3)[nH]n(C(N)=S)c2=O)c1C. The summed E-state index contributed by atoms with van der Waals surface area (Å²) in [4.78, 5) is 23.0. The van der Waals surface area contributed by atoms with Crippen LogP contribution in [0.25, 0.3) is 11.3 Å². The summed E-state index contributed by atoms with van der Waals surface area (Å²) in [5.74, 6) is 0. The van der Waals surface area contributed by atoms with Crippen molar-refractivity contribution in [1.82, 2.24) is 9.78 Å². The summed E-state index contributed by atoms with van der Waals surface area (Å²) in [6.45, 7) is 3.86. The summed E-state index contributed by atoms with van der Waals surface area (Å²) in [6.07, 6.45) is 0. The number of aromatic amines is 1. The molecule has 3 aromatic rings. The minimum Gasteiger partial charge on any atom is -0.374 e. The third-order valence-corrected chi connectivity index (χ3v) is 4.47. The predicted molar refractivity (Wildman–Crippen MR) is 109 cm³/mol. The zero-order valence-corrected chi connectivity index (χ0v) is 15.9. The first-order valence-electron chi connectivity index (χ1n) is 8.17. The lowest BCUT2D eigenvalue weighted by Gasteiger charge is -2.02. The highest BCUT2D eigenvalue weighted by molar-refractivity contribution is 7.80. The molecule has 0 unspecified atom stereocenters.